The third-order valence-corrected chi connectivity index (χ3v) is 5.36. The third kappa shape index (κ3) is 4.01. The number of rotatable bonds is 7. The van der Waals surface area contributed by atoms with Crippen LogP contribution >= 0.6 is 0 Å². The van der Waals surface area contributed by atoms with Gasteiger partial charge in [-0.3, -0.25) is 0 Å². The van der Waals surface area contributed by atoms with Gasteiger partial charge in [0.25, 0.3) is 0 Å². The SMILES string of the molecule is CCC(C)C(Cc1ccc(-c2nn[nH]n2)cc1)c1ccccc1C(C)C. The zero-order valence-corrected chi connectivity index (χ0v) is 16.1. The predicted octanol–water partition coefficient (Wildman–Crippen LogP) is 5.36. The Bertz CT molecular complexity index is 806. The van der Waals surface area contributed by atoms with Crippen molar-refractivity contribution in [3.8, 4) is 11.4 Å². The van der Waals surface area contributed by atoms with Crippen molar-refractivity contribution in [3.63, 3.8) is 0 Å². The van der Waals surface area contributed by atoms with E-state index in [1.807, 2.05) is 0 Å². The molecule has 2 atom stereocenters. The van der Waals surface area contributed by atoms with E-state index in [1.54, 1.807) is 0 Å². The summed E-state index contributed by atoms with van der Waals surface area (Å²) in [4.78, 5) is 0. The largest absolute Gasteiger partial charge is 0.204 e. The monoisotopic (exact) mass is 348 g/mol. The number of hydrogen-bond donors (Lipinski definition) is 1. The molecule has 2 aromatic carbocycles. The second kappa shape index (κ2) is 8.26. The summed E-state index contributed by atoms with van der Waals surface area (Å²) in [6.07, 6.45) is 2.23. The molecule has 0 saturated heterocycles. The third-order valence-electron chi connectivity index (χ3n) is 5.36. The molecular weight excluding hydrogens is 320 g/mol. The zero-order chi connectivity index (χ0) is 18.5. The van der Waals surface area contributed by atoms with Gasteiger partial charge in [0.15, 0.2) is 0 Å². The van der Waals surface area contributed by atoms with Gasteiger partial charge in [-0.05, 0) is 46.1 Å². The summed E-state index contributed by atoms with van der Waals surface area (Å²) in [5.41, 5.74) is 5.31. The minimum absolute atomic E-state index is 0.523. The molecule has 4 heteroatoms. The molecule has 136 valence electrons. The summed E-state index contributed by atoms with van der Waals surface area (Å²) >= 11 is 0. The fourth-order valence-corrected chi connectivity index (χ4v) is 3.60. The van der Waals surface area contributed by atoms with Crippen LogP contribution in [0.3, 0.4) is 0 Å². The standard InChI is InChI=1S/C22H28N4/c1-5-16(4)21(20-9-7-6-8-19(20)15(2)3)14-17-10-12-18(13-11-17)22-23-25-26-24-22/h6-13,15-16,21H,5,14H2,1-4H3,(H,23,24,25,26). The zero-order valence-electron chi connectivity index (χ0n) is 16.1. The van der Waals surface area contributed by atoms with Gasteiger partial charge >= 0.3 is 0 Å². The quantitative estimate of drug-likeness (QED) is 0.625. The van der Waals surface area contributed by atoms with E-state index >= 15 is 0 Å². The lowest BCUT2D eigenvalue weighted by Gasteiger charge is -2.27. The number of tetrazole rings is 1. The molecule has 26 heavy (non-hydrogen) atoms. The Labute approximate surface area is 156 Å². The van der Waals surface area contributed by atoms with E-state index in [1.165, 1.54) is 23.1 Å². The molecule has 3 rings (SSSR count). The topological polar surface area (TPSA) is 54.5 Å². The van der Waals surface area contributed by atoms with Gasteiger partial charge in [-0.2, -0.15) is 5.21 Å². The summed E-state index contributed by atoms with van der Waals surface area (Å²) < 4.78 is 0. The van der Waals surface area contributed by atoms with Crippen LogP contribution < -0.4 is 0 Å². The van der Waals surface area contributed by atoms with Gasteiger partial charge in [0.2, 0.25) is 5.82 Å². The van der Waals surface area contributed by atoms with Crippen molar-refractivity contribution in [1.82, 2.24) is 20.6 Å². The molecule has 4 nitrogen and oxygen atoms in total. The fraction of sp³-hybridized carbons (Fsp3) is 0.409. The molecule has 0 aliphatic rings. The van der Waals surface area contributed by atoms with Crippen LogP contribution in [0.4, 0.5) is 0 Å². The Hall–Kier alpha value is -2.49. The van der Waals surface area contributed by atoms with E-state index in [-0.39, 0.29) is 0 Å². The first-order chi connectivity index (χ1) is 12.6. The molecule has 0 amide bonds. The molecule has 0 saturated carbocycles. The minimum atomic E-state index is 0.523. The van der Waals surface area contributed by atoms with Crippen LogP contribution in [0.2, 0.25) is 0 Å². The van der Waals surface area contributed by atoms with Crippen molar-refractivity contribution in [3.05, 3.63) is 65.2 Å². The molecular formula is C22H28N4. The molecule has 0 spiro atoms. The highest BCUT2D eigenvalue weighted by atomic mass is 15.5. The van der Waals surface area contributed by atoms with Crippen molar-refractivity contribution >= 4 is 0 Å². The second-order valence-electron chi connectivity index (χ2n) is 7.41. The first-order valence-corrected chi connectivity index (χ1v) is 9.51. The van der Waals surface area contributed by atoms with E-state index in [2.05, 4.69) is 96.9 Å². The summed E-state index contributed by atoms with van der Waals surface area (Å²) in [6, 6.07) is 17.5. The van der Waals surface area contributed by atoms with Gasteiger partial charge in [0.05, 0.1) is 0 Å². The van der Waals surface area contributed by atoms with Crippen molar-refractivity contribution < 1.29 is 0 Å². The van der Waals surface area contributed by atoms with E-state index in [0.29, 0.717) is 23.6 Å². The first kappa shape index (κ1) is 18.3. The predicted molar refractivity (Wildman–Crippen MR) is 106 cm³/mol. The lowest BCUT2D eigenvalue weighted by molar-refractivity contribution is 0.439. The van der Waals surface area contributed by atoms with Gasteiger partial charge in [-0.15, -0.1) is 10.2 Å². The number of benzene rings is 2. The Kier molecular flexibility index (Phi) is 5.82. The van der Waals surface area contributed by atoms with Crippen LogP contribution in [-0.2, 0) is 6.42 Å². The molecule has 0 radical (unpaired) electrons. The Morgan fingerprint density at radius 1 is 0.923 bits per heavy atom. The molecule has 0 fully saturated rings. The first-order valence-electron chi connectivity index (χ1n) is 9.51. The number of nitrogens with zero attached hydrogens (tertiary/aromatic N) is 3. The number of hydrogen-bond acceptors (Lipinski definition) is 3. The highest BCUT2D eigenvalue weighted by Gasteiger charge is 2.22. The van der Waals surface area contributed by atoms with E-state index in [4.69, 9.17) is 0 Å². The van der Waals surface area contributed by atoms with Crippen molar-refractivity contribution in [1.29, 1.82) is 0 Å². The van der Waals surface area contributed by atoms with Gasteiger partial charge in [-0.25, -0.2) is 0 Å². The van der Waals surface area contributed by atoms with Crippen molar-refractivity contribution in [2.45, 2.75) is 52.4 Å². The van der Waals surface area contributed by atoms with Crippen LogP contribution in [0.25, 0.3) is 11.4 Å². The number of H-pyrrole nitrogens is 1. The Morgan fingerprint density at radius 3 is 2.19 bits per heavy atom. The van der Waals surface area contributed by atoms with Crippen LogP contribution in [-0.4, -0.2) is 20.6 Å². The lowest BCUT2D eigenvalue weighted by atomic mass is 9.77. The normalized spacial score (nSPS) is 13.7. The average molecular weight is 348 g/mol. The van der Waals surface area contributed by atoms with Gasteiger partial charge in [-0.1, -0.05) is 82.6 Å². The molecule has 1 aromatic heterocycles. The molecule has 3 aromatic rings. The smallest absolute Gasteiger partial charge is 0.177 e. The van der Waals surface area contributed by atoms with Crippen LogP contribution in [0.15, 0.2) is 48.5 Å². The highest BCUT2D eigenvalue weighted by Crippen LogP contribution is 2.35. The summed E-state index contributed by atoms with van der Waals surface area (Å²) in [5.74, 6) is 2.33. The molecule has 1 heterocycles. The van der Waals surface area contributed by atoms with Gasteiger partial charge in [0, 0.05) is 5.56 Å². The maximum Gasteiger partial charge on any atom is 0.204 e. The average Bonchev–Trinajstić information content (AvgIpc) is 3.20. The molecule has 0 aliphatic carbocycles. The van der Waals surface area contributed by atoms with Crippen LogP contribution in [0, 0.1) is 5.92 Å². The van der Waals surface area contributed by atoms with Gasteiger partial charge in [0.1, 0.15) is 0 Å². The Morgan fingerprint density at radius 2 is 1.62 bits per heavy atom. The number of aromatic amines is 1. The number of aromatic nitrogens is 4. The summed E-state index contributed by atoms with van der Waals surface area (Å²) in [7, 11) is 0. The van der Waals surface area contributed by atoms with E-state index in [0.717, 1.165) is 12.0 Å². The summed E-state index contributed by atoms with van der Waals surface area (Å²) in [6.45, 7) is 9.23. The van der Waals surface area contributed by atoms with E-state index < -0.39 is 0 Å². The molecule has 2 unspecified atom stereocenters. The maximum atomic E-state index is 4.05. The van der Waals surface area contributed by atoms with Crippen LogP contribution in [0.1, 0.15) is 62.6 Å². The molecule has 1 N–H and O–H groups in total. The second-order valence-corrected chi connectivity index (χ2v) is 7.41. The fourth-order valence-electron chi connectivity index (χ4n) is 3.60. The minimum Gasteiger partial charge on any atom is -0.177 e. The maximum absolute atomic E-state index is 4.05. The van der Waals surface area contributed by atoms with Crippen molar-refractivity contribution in [2.24, 2.45) is 5.92 Å². The number of nitrogens with one attached hydrogen (secondary N) is 1. The molecule has 0 aliphatic heterocycles. The lowest BCUT2D eigenvalue weighted by Crippen LogP contribution is -2.15. The summed E-state index contributed by atoms with van der Waals surface area (Å²) in [5, 5.41) is 14.2. The van der Waals surface area contributed by atoms with Gasteiger partial charge < -0.3 is 0 Å². The van der Waals surface area contributed by atoms with Crippen molar-refractivity contribution in [2.75, 3.05) is 0 Å². The van der Waals surface area contributed by atoms with E-state index in [9.17, 15) is 0 Å². The van der Waals surface area contributed by atoms with Crippen LogP contribution in [0.5, 0.6) is 0 Å². The molecule has 0 bridgehead atoms. The highest BCUT2D eigenvalue weighted by molar-refractivity contribution is 5.54. The Balaban J connectivity index is 1.88.